The van der Waals surface area contributed by atoms with Crippen LogP contribution in [0.5, 0.6) is 0 Å². The zero-order valence-corrected chi connectivity index (χ0v) is 19.3. The Labute approximate surface area is 180 Å². The summed E-state index contributed by atoms with van der Waals surface area (Å²) >= 11 is 0. The van der Waals surface area contributed by atoms with Crippen LogP contribution >= 0.6 is 0 Å². The van der Waals surface area contributed by atoms with Gasteiger partial charge in [-0.2, -0.15) is 0 Å². The predicted octanol–water partition coefficient (Wildman–Crippen LogP) is 3.27. The summed E-state index contributed by atoms with van der Waals surface area (Å²) in [5, 5.41) is 8.85. The fraction of sp³-hybridized carbons (Fsp3) is 0.667. The van der Waals surface area contributed by atoms with E-state index in [-0.39, 0.29) is 48.7 Å². The van der Waals surface area contributed by atoms with Crippen molar-refractivity contribution in [1.29, 1.82) is 0 Å². The summed E-state index contributed by atoms with van der Waals surface area (Å²) in [6.07, 6.45) is -0.382. The van der Waals surface area contributed by atoms with Crippen molar-refractivity contribution in [2.24, 2.45) is 5.41 Å². The highest BCUT2D eigenvalue weighted by Crippen LogP contribution is 2.35. The minimum absolute atomic E-state index is 0.0615. The Balaban J connectivity index is 2.00. The Morgan fingerprint density at radius 2 is 1.73 bits per heavy atom. The number of alkyl halides is 1. The number of benzene rings is 1. The number of piperidine rings is 1. The Hall–Kier alpha value is -1.95. The number of hydrogen-bond acceptors (Lipinski definition) is 3. The third-order valence-electron chi connectivity index (χ3n) is 5.64. The SMILES string of the molecule is CC(C)(C)NC(=O)C[C@@]1(CNC(=O)Cc2ccc(C(C)(C)C)cc2)CCNC[C@H]1F. The maximum absolute atomic E-state index is 14.9. The highest BCUT2D eigenvalue weighted by molar-refractivity contribution is 5.79. The molecule has 0 aromatic heterocycles. The van der Waals surface area contributed by atoms with Crippen LogP contribution in [0.3, 0.4) is 0 Å². The molecule has 2 rings (SSSR count). The van der Waals surface area contributed by atoms with Gasteiger partial charge in [0.05, 0.1) is 6.42 Å². The van der Waals surface area contributed by atoms with Gasteiger partial charge in [-0.3, -0.25) is 9.59 Å². The lowest BCUT2D eigenvalue weighted by molar-refractivity contribution is -0.128. The molecule has 1 aliphatic heterocycles. The Morgan fingerprint density at radius 1 is 1.10 bits per heavy atom. The molecule has 168 valence electrons. The van der Waals surface area contributed by atoms with E-state index in [0.717, 1.165) is 5.56 Å². The molecule has 0 aliphatic carbocycles. The largest absolute Gasteiger partial charge is 0.355 e. The molecule has 5 nitrogen and oxygen atoms in total. The lowest BCUT2D eigenvalue weighted by atomic mass is 9.74. The fourth-order valence-electron chi connectivity index (χ4n) is 3.83. The third kappa shape index (κ3) is 7.08. The van der Waals surface area contributed by atoms with E-state index >= 15 is 0 Å². The van der Waals surface area contributed by atoms with Gasteiger partial charge in [0, 0.05) is 30.5 Å². The second-order valence-corrected chi connectivity index (χ2v) is 10.7. The molecule has 0 spiro atoms. The van der Waals surface area contributed by atoms with Gasteiger partial charge in [0.1, 0.15) is 6.17 Å². The molecule has 30 heavy (non-hydrogen) atoms. The second-order valence-electron chi connectivity index (χ2n) is 10.7. The molecular weight excluding hydrogens is 381 g/mol. The molecule has 1 aromatic rings. The first-order chi connectivity index (χ1) is 13.8. The van der Waals surface area contributed by atoms with Crippen molar-refractivity contribution < 1.29 is 14.0 Å². The lowest BCUT2D eigenvalue weighted by Crippen LogP contribution is -2.55. The molecule has 1 saturated heterocycles. The lowest BCUT2D eigenvalue weighted by Gasteiger charge is -2.40. The molecule has 0 radical (unpaired) electrons. The minimum Gasteiger partial charge on any atom is -0.355 e. The van der Waals surface area contributed by atoms with E-state index in [0.29, 0.717) is 13.0 Å². The zero-order chi connectivity index (χ0) is 22.6. The van der Waals surface area contributed by atoms with Crippen molar-refractivity contribution in [2.75, 3.05) is 19.6 Å². The van der Waals surface area contributed by atoms with Crippen LogP contribution in [0.25, 0.3) is 0 Å². The van der Waals surface area contributed by atoms with E-state index in [2.05, 4.69) is 36.7 Å². The van der Waals surface area contributed by atoms with E-state index in [9.17, 15) is 14.0 Å². The van der Waals surface area contributed by atoms with Crippen LogP contribution in [0.2, 0.25) is 0 Å². The van der Waals surface area contributed by atoms with Gasteiger partial charge in [0.15, 0.2) is 0 Å². The average Bonchev–Trinajstić information content (AvgIpc) is 2.60. The molecular formula is C24H38FN3O2. The van der Waals surface area contributed by atoms with Crippen molar-refractivity contribution in [1.82, 2.24) is 16.0 Å². The van der Waals surface area contributed by atoms with Crippen LogP contribution in [0, 0.1) is 5.41 Å². The van der Waals surface area contributed by atoms with Gasteiger partial charge in [-0.1, -0.05) is 45.0 Å². The van der Waals surface area contributed by atoms with Crippen LogP contribution in [0.15, 0.2) is 24.3 Å². The van der Waals surface area contributed by atoms with E-state index in [1.165, 1.54) is 5.56 Å². The first-order valence-corrected chi connectivity index (χ1v) is 10.8. The number of halogens is 1. The molecule has 0 bridgehead atoms. The van der Waals surface area contributed by atoms with E-state index < -0.39 is 11.6 Å². The molecule has 1 fully saturated rings. The van der Waals surface area contributed by atoms with Gasteiger partial charge in [0.2, 0.25) is 11.8 Å². The highest BCUT2D eigenvalue weighted by Gasteiger charge is 2.43. The zero-order valence-electron chi connectivity index (χ0n) is 19.3. The normalized spacial score (nSPS) is 22.4. The summed E-state index contributed by atoms with van der Waals surface area (Å²) in [5.41, 5.74) is 0.935. The number of carbonyl (C=O) groups is 2. The van der Waals surface area contributed by atoms with Gasteiger partial charge in [-0.15, -0.1) is 0 Å². The molecule has 6 heteroatoms. The first-order valence-electron chi connectivity index (χ1n) is 10.8. The third-order valence-corrected chi connectivity index (χ3v) is 5.64. The summed E-state index contributed by atoms with van der Waals surface area (Å²) in [4.78, 5) is 25.1. The first kappa shape index (κ1) is 24.3. The molecule has 0 saturated carbocycles. The quantitative estimate of drug-likeness (QED) is 0.663. The van der Waals surface area contributed by atoms with Crippen molar-refractivity contribution in [3.8, 4) is 0 Å². The van der Waals surface area contributed by atoms with Gasteiger partial charge in [0.25, 0.3) is 0 Å². The van der Waals surface area contributed by atoms with Crippen LogP contribution < -0.4 is 16.0 Å². The number of rotatable bonds is 6. The summed E-state index contributed by atoms with van der Waals surface area (Å²) in [6.45, 7) is 13.1. The molecule has 1 aromatic carbocycles. The topological polar surface area (TPSA) is 70.2 Å². The van der Waals surface area contributed by atoms with E-state index in [1.807, 2.05) is 45.0 Å². The Bertz CT molecular complexity index is 734. The summed E-state index contributed by atoms with van der Waals surface area (Å²) in [7, 11) is 0. The maximum atomic E-state index is 14.9. The molecule has 0 unspecified atom stereocenters. The van der Waals surface area contributed by atoms with Crippen molar-refractivity contribution >= 4 is 11.8 Å². The van der Waals surface area contributed by atoms with Gasteiger partial charge >= 0.3 is 0 Å². The second kappa shape index (κ2) is 9.46. The van der Waals surface area contributed by atoms with Crippen LogP contribution in [-0.2, 0) is 21.4 Å². The van der Waals surface area contributed by atoms with Gasteiger partial charge < -0.3 is 16.0 Å². The molecule has 1 heterocycles. The molecule has 1 aliphatic rings. The predicted molar refractivity (Wildman–Crippen MR) is 119 cm³/mol. The summed E-state index contributed by atoms with van der Waals surface area (Å²) in [6, 6.07) is 8.03. The van der Waals surface area contributed by atoms with E-state index in [4.69, 9.17) is 0 Å². The number of carbonyl (C=O) groups excluding carboxylic acids is 2. The summed E-state index contributed by atoms with van der Waals surface area (Å²) in [5.74, 6) is -0.334. The number of nitrogens with one attached hydrogen (secondary N) is 3. The van der Waals surface area contributed by atoms with Gasteiger partial charge in [-0.25, -0.2) is 4.39 Å². The molecule has 2 atom stereocenters. The van der Waals surface area contributed by atoms with Crippen LogP contribution in [0.4, 0.5) is 4.39 Å². The molecule has 2 amide bonds. The number of hydrogen-bond donors (Lipinski definition) is 3. The maximum Gasteiger partial charge on any atom is 0.224 e. The fourth-order valence-corrected chi connectivity index (χ4v) is 3.83. The highest BCUT2D eigenvalue weighted by atomic mass is 19.1. The smallest absolute Gasteiger partial charge is 0.224 e. The average molecular weight is 420 g/mol. The monoisotopic (exact) mass is 419 g/mol. The minimum atomic E-state index is -1.19. The van der Waals surface area contributed by atoms with Crippen molar-refractivity contribution in [3.05, 3.63) is 35.4 Å². The number of amides is 2. The standard InChI is InChI=1S/C24H38FN3O2/c1-22(2,3)18-9-7-17(8-10-18)13-20(29)27-16-24(11-12-26-15-19(24)25)14-21(30)28-23(4,5)6/h7-10,19,26H,11-16H2,1-6H3,(H,27,29)(H,28,30)/t19-,24-/m1/s1. The van der Waals surface area contributed by atoms with Gasteiger partial charge in [-0.05, 0) is 50.3 Å². The van der Waals surface area contributed by atoms with Crippen molar-refractivity contribution in [3.63, 3.8) is 0 Å². The Morgan fingerprint density at radius 3 is 2.27 bits per heavy atom. The summed E-state index contributed by atoms with van der Waals surface area (Å²) < 4.78 is 14.9. The van der Waals surface area contributed by atoms with Crippen LogP contribution in [0.1, 0.15) is 65.5 Å². The van der Waals surface area contributed by atoms with E-state index in [1.54, 1.807) is 0 Å². The van der Waals surface area contributed by atoms with Crippen LogP contribution in [-0.4, -0.2) is 43.2 Å². The Kier molecular flexibility index (Phi) is 7.67. The molecule has 3 N–H and O–H groups in total. The van der Waals surface area contributed by atoms with Crippen molar-refractivity contribution in [2.45, 2.75) is 77.9 Å².